The summed E-state index contributed by atoms with van der Waals surface area (Å²) in [5.74, 6) is 0.0276. The molecule has 0 atom stereocenters. The van der Waals surface area contributed by atoms with Gasteiger partial charge in [-0.3, -0.25) is 0 Å². The van der Waals surface area contributed by atoms with E-state index >= 15 is 0 Å². The highest BCUT2D eigenvalue weighted by atomic mass is 79.9. The molecule has 4 nitrogen and oxygen atoms in total. The number of nitriles is 1. The molecule has 5 heteroatoms. The first kappa shape index (κ1) is 17.1. The van der Waals surface area contributed by atoms with Crippen LogP contribution in [0.1, 0.15) is 16.7 Å². The van der Waals surface area contributed by atoms with Gasteiger partial charge in [0.1, 0.15) is 0 Å². The highest BCUT2D eigenvalue weighted by Gasteiger charge is 2.18. The van der Waals surface area contributed by atoms with Gasteiger partial charge in [0.05, 0.1) is 34.1 Å². The lowest BCUT2D eigenvalue weighted by atomic mass is 10.00. The Labute approximate surface area is 164 Å². The fraction of sp³-hybridized carbons (Fsp3) is 0. The minimum Gasteiger partial charge on any atom is -0.494 e. The van der Waals surface area contributed by atoms with Crippen LogP contribution in [0.15, 0.2) is 82.3 Å². The highest BCUT2D eigenvalue weighted by Crippen LogP contribution is 2.32. The number of aromatic hydroxyl groups is 1. The third-order valence-corrected chi connectivity index (χ3v) is 4.79. The molecule has 4 rings (SSSR count). The first-order valence-electron chi connectivity index (χ1n) is 8.30. The third kappa shape index (κ3) is 3.35. The Morgan fingerprint density at radius 3 is 2.44 bits per heavy atom. The van der Waals surface area contributed by atoms with Crippen LogP contribution in [0.2, 0.25) is 0 Å². The summed E-state index contributed by atoms with van der Waals surface area (Å²) in [5, 5.41) is 20.6. The van der Waals surface area contributed by atoms with Gasteiger partial charge in [-0.1, -0.05) is 52.3 Å². The van der Waals surface area contributed by atoms with E-state index in [1.165, 1.54) is 0 Å². The second-order valence-corrected chi connectivity index (χ2v) is 6.94. The van der Waals surface area contributed by atoms with Gasteiger partial charge in [-0.25, -0.2) is 4.99 Å². The van der Waals surface area contributed by atoms with Crippen molar-refractivity contribution in [3.05, 3.63) is 94.0 Å². The number of aromatic amines is 1. The summed E-state index contributed by atoms with van der Waals surface area (Å²) in [5.41, 5.74) is 4.16. The molecule has 4 aromatic rings. The largest absolute Gasteiger partial charge is 0.494 e. The van der Waals surface area contributed by atoms with Gasteiger partial charge in [0.2, 0.25) is 0 Å². The van der Waals surface area contributed by atoms with E-state index in [-0.39, 0.29) is 5.88 Å². The predicted molar refractivity (Wildman–Crippen MR) is 111 cm³/mol. The van der Waals surface area contributed by atoms with E-state index in [4.69, 9.17) is 10.3 Å². The van der Waals surface area contributed by atoms with Crippen LogP contribution >= 0.6 is 15.9 Å². The number of aromatic nitrogens is 1. The SMILES string of the molecule is N#Cc1ccc2c(C(=Nc3ccc(Br)cc3)c3ccccc3)c(O)[nH]c2c1. The summed E-state index contributed by atoms with van der Waals surface area (Å²) in [6.45, 7) is 0. The van der Waals surface area contributed by atoms with Gasteiger partial charge in [-0.15, -0.1) is 0 Å². The van der Waals surface area contributed by atoms with E-state index < -0.39 is 0 Å². The van der Waals surface area contributed by atoms with E-state index in [1.54, 1.807) is 12.1 Å². The molecule has 0 spiro atoms. The molecule has 3 aromatic carbocycles. The van der Waals surface area contributed by atoms with Crippen molar-refractivity contribution < 1.29 is 5.11 Å². The fourth-order valence-corrected chi connectivity index (χ4v) is 3.26. The Balaban J connectivity index is 1.97. The van der Waals surface area contributed by atoms with Gasteiger partial charge >= 0.3 is 0 Å². The van der Waals surface area contributed by atoms with E-state index in [9.17, 15) is 5.11 Å². The van der Waals surface area contributed by atoms with Gasteiger partial charge in [-0.2, -0.15) is 5.26 Å². The topological polar surface area (TPSA) is 72.2 Å². The van der Waals surface area contributed by atoms with Crippen molar-refractivity contribution in [2.75, 3.05) is 0 Å². The van der Waals surface area contributed by atoms with Crippen molar-refractivity contribution in [1.82, 2.24) is 4.98 Å². The summed E-state index contributed by atoms with van der Waals surface area (Å²) >= 11 is 3.43. The first-order valence-corrected chi connectivity index (χ1v) is 9.10. The van der Waals surface area contributed by atoms with E-state index in [1.807, 2.05) is 60.7 Å². The number of benzene rings is 3. The quantitative estimate of drug-likeness (QED) is 0.422. The van der Waals surface area contributed by atoms with Gasteiger partial charge in [0, 0.05) is 15.4 Å². The molecule has 0 aliphatic rings. The Kier molecular flexibility index (Phi) is 4.49. The monoisotopic (exact) mass is 415 g/mol. The van der Waals surface area contributed by atoms with Crippen LogP contribution < -0.4 is 0 Å². The number of nitrogens with one attached hydrogen (secondary N) is 1. The minimum absolute atomic E-state index is 0.0276. The van der Waals surface area contributed by atoms with Crippen molar-refractivity contribution in [2.24, 2.45) is 4.99 Å². The van der Waals surface area contributed by atoms with Crippen LogP contribution in [-0.2, 0) is 0 Å². The van der Waals surface area contributed by atoms with Crippen molar-refractivity contribution in [3.63, 3.8) is 0 Å². The molecule has 1 heterocycles. The lowest BCUT2D eigenvalue weighted by Crippen LogP contribution is -2.02. The van der Waals surface area contributed by atoms with Crippen molar-refractivity contribution in [3.8, 4) is 11.9 Å². The summed E-state index contributed by atoms with van der Waals surface area (Å²) < 4.78 is 0.974. The standard InChI is InChI=1S/C22H14BrN3O/c23-16-7-9-17(10-8-16)25-21(15-4-2-1-3-5-15)20-18-11-6-14(13-24)12-19(18)26-22(20)27/h1-12,26-27H. The molecule has 0 saturated heterocycles. The maximum absolute atomic E-state index is 10.6. The van der Waals surface area contributed by atoms with Crippen molar-refractivity contribution in [2.45, 2.75) is 0 Å². The molecule has 0 aliphatic carbocycles. The minimum atomic E-state index is 0.0276. The number of hydrogen-bond acceptors (Lipinski definition) is 3. The number of H-pyrrole nitrogens is 1. The summed E-state index contributed by atoms with van der Waals surface area (Å²) in [6.07, 6.45) is 0. The van der Waals surface area contributed by atoms with Crippen LogP contribution in [0.5, 0.6) is 5.88 Å². The Hall–Kier alpha value is -3.36. The average molecular weight is 416 g/mol. The number of fused-ring (bicyclic) bond motifs is 1. The van der Waals surface area contributed by atoms with E-state index in [2.05, 4.69) is 27.0 Å². The zero-order chi connectivity index (χ0) is 18.8. The van der Waals surface area contributed by atoms with Crippen molar-refractivity contribution in [1.29, 1.82) is 5.26 Å². The van der Waals surface area contributed by atoms with Gasteiger partial charge < -0.3 is 10.1 Å². The number of nitrogens with zero attached hydrogens (tertiary/aromatic N) is 2. The fourth-order valence-electron chi connectivity index (χ4n) is 3.00. The van der Waals surface area contributed by atoms with Crippen LogP contribution in [0.25, 0.3) is 10.9 Å². The number of rotatable bonds is 3. The zero-order valence-electron chi connectivity index (χ0n) is 14.1. The highest BCUT2D eigenvalue weighted by molar-refractivity contribution is 9.10. The maximum Gasteiger partial charge on any atom is 0.199 e. The first-order chi connectivity index (χ1) is 13.2. The molecule has 1 aromatic heterocycles. The lowest BCUT2D eigenvalue weighted by molar-refractivity contribution is 0.457. The van der Waals surface area contributed by atoms with Gasteiger partial charge in [0.15, 0.2) is 5.88 Å². The molecule has 0 aliphatic heterocycles. The normalized spacial score (nSPS) is 11.5. The van der Waals surface area contributed by atoms with Crippen LogP contribution in [0.4, 0.5) is 5.69 Å². The molecule has 27 heavy (non-hydrogen) atoms. The molecule has 130 valence electrons. The van der Waals surface area contributed by atoms with Crippen molar-refractivity contribution >= 4 is 38.2 Å². The average Bonchev–Trinajstić information content (AvgIpc) is 3.03. The predicted octanol–water partition coefficient (Wildman–Crippen LogP) is 5.68. The second kappa shape index (κ2) is 7.10. The summed E-state index contributed by atoms with van der Waals surface area (Å²) in [7, 11) is 0. The molecule has 0 fully saturated rings. The molecule has 0 amide bonds. The maximum atomic E-state index is 10.6. The number of aliphatic imine (C=N–C) groups is 1. The van der Waals surface area contributed by atoms with Gasteiger partial charge in [-0.05, 0) is 36.4 Å². The second-order valence-electron chi connectivity index (χ2n) is 6.02. The molecule has 0 radical (unpaired) electrons. The molecular formula is C22H14BrN3O. The van der Waals surface area contributed by atoms with Crippen LogP contribution in [0.3, 0.4) is 0 Å². The molecule has 0 bridgehead atoms. The zero-order valence-corrected chi connectivity index (χ0v) is 15.7. The third-order valence-electron chi connectivity index (χ3n) is 4.26. The Bertz CT molecular complexity index is 1190. The number of halogens is 1. The van der Waals surface area contributed by atoms with E-state index in [0.29, 0.717) is 22.4 Å². The molecule has 0 saturated carbocycles. The molecule has 0 unspecified atom stereocenters. The molecular weight excluding hydrogens is 402 g/mol. The Morgan fingerprint density at radius 1 is 1.00 bits per heavy atom. The Morgan fingerprint density at radius 2 is 1.74 bits per heavy atom. The van der Waals surface area contributed by atoms with Crippen LogP contribution in [-0.4, -0.2) is 15.8 Å². The smallest absolute Gasteiger partial charge is 0.199 e. The number of hydrogen-bond donors (Lipinski definition) is 2. The van der Waals surface area contributed by atoms with E-state index in [0.717, 1.165) is 21.1 Å². The molecule has 2 N–H and O–H groups in total. The van der Waals surface area contributed by atoms with Crippen LogP contribution in [0, 0.1) is 11.3 Å². The summed E-state index contributed by atoms with van der Waals surface area (Å²) in [6, 6.07) is 24.8. The van der Waals surface area contributed by atoms with Gasteiger partial charge in [0.25, 0.3) is 0 Å². The summed E-state index contributed by atoms with van der Waals surface area (Å²) in [4.78, 5) is 7.78. The lowest BCUT2D eigenvalue weighted by Gasteiger charge is -2.08.